The third-order valence-electron chi connectivity index (χ3n) is 3.75. The lowest BCUT2D eigenvalue weighted by molar-refractivity contribution is 0.0762. The Morgan fingerprint density at radius 2 is 1.95 bits per heavy atom. The van der Waals surface area contributed by atoms with Gasteiger partial charge >= 0.3 is 0 Å². The molecule has 1 fully saturated rings. The molecule has 0 atom stereocenters. The van der Waals surface area contributed by atoms with E-state index < -0.39 is 10.0 Å². The van der Waals surface area contributed by atoms with Gasteiger partial charge in [0.1, 0.15) is 0 Å². The number of likely N-dealkylation sites (N-methyl/N-ethyl adjacent to an activating group) is 1. The Balaban J connectivity index is 2.31. The van der Waals surface area contributed by atoms with Crippen LogP contribution in [0.3, 0.4) is 0 Å². The van der Waals surface area contributed by atoms with E-state index in [4.69, 9.17) is 11.6 Å². The van der Waals surface area contributed by atoms with Crippen LogP contribution in [-0.4, -0.2) is 64.4 Å². The maximum Gasteiger partial charge on any atom is 0.255 e. The average molecular weight is 346 g/mol. The minimum absolute atomic E-state index is 0.0367. The zero-order valence-electron chi connectivity index (χ0n) is 12.7. The molecule has 8 heteroatoms. The van der Waals surface area contributed by atoms with Crippen LogP contribution in [0.5, 0.6) is 0 Å². The molecule has 2 rings (SSSR count). The summed E-state index contributed by atoms with van der Waals surface area (Å²) in [4.78, 5) is 16.6. The molecule has 6 nitrogen and oxygen atoms in total. The van der Waals surface area contributed by atoms with E-state index in [1.165, 1.54) is 25.2 Å². The van der Waals surface area contributed by atoms with Crippen molar-refractivity contribution in [3.05, 3.63) is 28.8 Å². The number of halogens is 1. The third-order valence-corrected chi connectivity index (χ3v) is 5.50. The van der Waals surface area contributed by atoms with Gasteiger partial charge in [0.2, 0.25) is 10.0 Å². The summed E-state index contributed by atoms with van der Waals surface area (Å²) in [6.45, 7) is 2.97. The van der Waals surface area contributed by atoms with E-state index in [9.17, 15) is 13.2 Å². The second kappa shape index (κ2) is 6.95. The molecule has 22 heavy (non-hydrogen) atoms. The monoisotopic (exact) mass is 345 g/mol. The zero-order chi connectivity index (χ0) is 16.3. The Morgan fingerprint density at radius 1 is 1.23 bits per heavy atom. The number of rotatable bonds is 3. The van der Waals surface area contributed by atoms with Crippen molar-refractivity contribution in [3.8, 4) is 0 Å². The SMILES string of the molecule is CNS(=O)(=O)c1ccc(Cl)c(C(=O)N2CCCN(C)CC2)c1. The molecule has 1 aromatic rings. The third kappa shape index (κ3) is 3.78. The van der Waals surface area contributed by atoms with Gasteiger partial charge in [-0.05, 0) is 45.3 Å². The van der Waals surface area contributed by atoms with E-state index in [-0.39, 0.29) is 21.4 Å². The van der Waals surface area contributed by atoms with Crippen molar-refractivity contribution in [2.24, 2.45) is 0 Å². The lowest BCUT2D eigenvalue weighted by atomic mass is 10.2. The van der Waals surface area contributed by atoms with Gasteiger partial charge in [0.15, 0.2) is 0 Å². The van der Waals surface area contributed by atoms with Crippen LogP contribution in [0.1, 0.15) is 16.8 Å². The minimum atomic E-state index is -3.61. The van der Waals surface area contributed by atoms with Crippen molar-refractivity contribution in [3.63, 3.8) is 0 Å². The molecule has 122 valence electrons. The smallest absolute Gasteiger partial charge is 0.255 e. The van der Waals surface area contributed by atoms with Crippen LogP contribution in [0.25, 0.3) is 0 Å². The molecule has 0 unspecified atom stereocenters. The first-order chi connectivity index (χ1) is 10.3. The molecule has 1 N–H and O–H groups in total. The van der Waals surface area contributed by atoms with Crippen molar-refractivity contribution < 1.29 is 13.2 Å². The molecule has 0 aromatic heterocycles. The fourth-order valence-corrected chi connectivity index (χ4v) is 3.33. The van der Waals surface area contributed by atoms with E-state index in [0.29, 0.717) is 13.1 Å². The molecule has 0 aliphatic carbocycles. The number of amides is 1. The van der Waals surface area contributed by atoms with E-state index in [2.05, 4.69) is 9.62 Å². The fraction of sp³-hybridized carbons (Fsp3) is 0.500. The predicted molar refractivity (Wildman–Crippen MR) is 85.7 cm³/mol. The first kappa shape index (κ1) is 17.2. The fourth-order valence-electron chi connectivity index (χ4n) is 2.37. The molecular weight excluding hydrogens is 326 g/mol. The lowest BCUT2D eigenvalue weighted by Gasteiger charge is -2.21. The lowest BCUT2D eigenvalue weighted by Crippen LogP contribution is -2.34. The molecule has 1 saturated heterocycles. The number of carbonyl (C=O) groups is 1. The molecule has 1 amide bonds. The molecule has 0 radical (unpaired) electrons. The second-order valence-corrected chi connectivity index (χ2v) is 7.59. The van der Waals surface area contributed by atoms with Gasteiger partial charge < -0.3 is 9.80 Å². The summed E-state index contributed by atoms with van der Waals surface area (Å²) in [5.74, 6) is -0.228. The summed E-state index contributed by atoms with van der Waals surface area (Å²) >= 11 is 6.10. The van der Waals surface area contributed by atoms with Crippen LogP contribution in [-0.2, 0) is 10.0 Å². The van der Waals surface area contributed by atoms with Gasteiger partial charge in [0.25, 0.3) is 5.91 Å². The topological polar surface area (TPSA) is 69.7 Å². The predicted octanol–water partition coefficient (Wildman–Crippen LogP) is 1.03. The van der Waals surface area contributed by atoms with Crippen LogP contribution in [0, 0.1) is 0 Å². The van der Waals surface area contributed by atoms with Gasteiger partial charge in [-0.1, -0.05) is 11.6 Å². The Labute approximate surface area is 136 Å². The maximum absolute atomic E-state index is 12.7. The minimum Gasteiger partial charge on any atom is -0.337 e. The van der Waals surface area contributed by atoms with Crippen LogP contribution in [0.15, 0.2) is 23.1 Å². The number of nitrogens with zero attached hydrogens (tertiary/aromatic N) is 2. The number of benzene rings is 1. The van der Waals surface area contributed by atoms with Gasteiger partial charge in [-0.25, -0.2) is 13.1 Å². The summed E-state index contributed by atoms with van der Waals surface area (Å²) in [5, 5.41) is 0.262. The largest absolute Gasteiger partial charge is 0.337 e. The summed E-state index contributed by atoms with van der Waals surface area (Å²) < 4.78 is 26.0. The summed E-state index contributed by atoms with van der Waals surface area (Å²) in [6, 6.07) is 4.18. The highest BCUT2D eigenvalue weighted by molar-refractivity contribution is 7.89. The first-order valence-corrected chi connectivity index (χ1v) is 8.92. The summed E-state index contributed by atoms with van der Waals surface area (Å²) in [5.41, 5.74) is 0.225. The molecule has 1 aliphatic heterocycles. The normalized spacial score (nSPS) is 17.3. The van der Waals surface area contributed by atoms with Gasteiger partial charge in [-0.2, -0.15) is 0 Å². The standard InChI is InChI=1S/C14H20ClN3O3S/c1-16-22(20,21)11-4-5-13(15)12(10-11)14(19)18-7-3-6-17(2)8-9-18/h4-5,10,16H,3,6-9H2,1-2H3. The number of nitrogens with one attached hydrogen (secondary N) is 1. The number of sulfonamides is 1. The summed E-state index contributed by atoms with van der Waals surface area (Å²) in [7, 11) is -0.261. The van der Waals surface area contributed by atoms with Gasteiger partial charge in [-0.3, -0.25) is 4.79 Å². The quantitative estimate of drug-likeness (QED) is 0.888. The zero-order valence-corrected chi connectivity index (χ0v) is 14.2. The highest BCUT2D eigenvalue weighted by Gasteiger charge is 2.23. The van der Waals surface area contributed by atoms with Gasteiger partial charge in [0.05, 0.1) is 15.5 Å². The maximum atomic E-state index is 12.7. The Hall–Kier alpha value is -1.15. The molecular formula is C14H20ClN3O3S. The number of carbonyl (C=O) groups excluding carboxylic acids is 1. The molecule has 1 aliphatic rings. The van der Waals surface area contributed by atoms with E-state index in [1.807, 2.05) is 7.05 Å². The van der Waals surface area contributed by atoms with Gasteiger partial charge in [-0.15, -0.1) is 0 Å². The van der Waals surface area contributed by atoms with Crippen LogP contribution in [0.2, 0.25) is 5.02 Å². The molecule has 1 heterocycles. The van der Waals surface area contributed by atoms with Crippen LogP contribution < -0.4 is 4.72 Å². The molecule has 0 bridgehead atoms. The number of hydrogen-bond acceptors (Lipinski definition) is 4. The van der Waals surface area contributed by atoms with Crippen molar-refractivity contribution >= 4 is 27.5 Å². The summed E-state index contributed by atoms with van der Waals surface area (Å²) in [6.07, 6.45) is 0.883. The average Bonchev–Trinajstić information content (AvgIpc) is 2.71. The van der Waals surface area contributed by atoms with E-state index in [0.717, 1.165) is 19.5 Å². The molecule has 1 aromatic carbocycles. The van der Waals surface area contributed by atoms with Crippen molar-refractivity contribution in [1.82, 2.24) is 14.5 Å². The highest BCUT2D eigenvalue weighted by Crippen LogP contribution is 2.22. The van der Waals surface area contributed by atoms with Crippen molar-refractivity contribution in [1.29, 1.82) is 0 Å². The number of hydrogen-bond donors (Lipinski definition) is 1. The molecule has 0 spiro atoms. The van der Waals surface area contributed by atoms with Gasteiger partial charge in [0, 0.05) is 19.6 Å². The van der Waals surface area contributed by atoms with Crippen LogP contribution in [0.4, 0.5) is 0 Å². The Kier molecular flexibility index (Phi) is 5.44. The highest BCUT2D eigenvalue weighted by atomic mass is 35.5. The van der Waals surface area contributed by atoms with Crippen LogP contribution >= 0.6 is 11.6 Å². The molecule has 0 saturated carbocycles. The van der Waals surface area contributed by atoms with E-state index >= 15 is 0 Å². The Bertz CT molecular complexity index is 663. The van der Waals surface area contributed by atoms with Crippen molar-refractivity contribution in [2.45, 2.75) is 11.3 Å². The Morgan fingerprint density at radius 3 is 2.64 bits per heavy atom. The first-order valence-electron chi connectivity index (χ1n) is 7.06. The van der Waals surface area contributed by atoms with Crippen molar-refractivity contribution in [2.75, 3.05) is 40.3 Å². The second-order valence-electron chi connectivity index (χ2n) is 5.30. The van der Waals surface area contributed by atoms with E-state index in [1.54, 1.807) is 4.90 Å².